The highest BCUT2D eigenvalue weighted by molar-refractivity contribution is 6.50. The average molecular weight is 249 g/mol. The van der Waals surface area contributed by atoms with E-state index in [0.29, 0.717) is 11.1 Å². The van der Waals surface area contributed by atoms with Crippen molar-refractivity contribution in [2.24, 2.45) is 0 Å². The van der Waals surface area contributed by atoms with Gasteiger partial charge in [-0.05, 0) is 12.5 Å². The molecule has 2 rings (SSSR count). The molecular formula is C17H15NO. The molecule has 0 aliphatic rings. The lowest BCUT2D eigenvalue weighted by atomic mass is 9.99. The number of hydrogen-bond donors (Lipinski definition) is 1. The molecule has 19 heavy (non-hydrogen) atoms. The van der Waals surface area contributed by atoms with Crippen molar-refractivity contribution >= 4 is 17.1 Å². The van der Waals surface area contributed by atoms with Crippen molar-refractivity contribution in [3.8, 4) is 0 Å². The van der Waals surface area contributed by atoms with Crippen LogP contribution in [0.1, 0.15) is 28.4 Å². The normalized spacial score (nSPS) is 9.95. The van der Waals surface area contributed by atoms with Crippen LogP contribution in [0.15, 0.2) is 61.2 Å². The summed E-state index contributed by atoms with van der Waals surface area (Å²) in [5.74, 6) is -0.264. The second-order valence-corrected chi connectivity index (χ2v) is 4.43. The molecule has 0 saturated carbocycles. The molecule has 0 aliphatic carbocycles. The summed E-state index contributed by atoms with van der Waals surface area (Å²) in [5, 5.41) is 7.94. The lowest BCUT2D eigenvalue weighted by Gasteiger charge is -2.05. The monoisotopic (exact) mass is 249 g/mol. The molecule has 0 radical (unpaired) electrons. The topological polar surface area (TPSA) is 40.9 Å². The molecule has 0 bridgehead atoms. The Balaban J connectivity index is 2.25. The van der Waals surface area contributed by atoms with Crippen LogP contribution in [0.25, 0.3) is 5.57 Å². The number of benzene rings is 2. The Hall–Kier alpha value is -2.48. The van der Waals surface area contributed by atoms with Crippen LogP contribution >= 0.6 is 0 Å². The first kappa shape index (κ1) is 13.0. The molecular weight excluding hydrogens is 234 g/mol. The second-order valence-electron chi connectivity index (χ2n) is 4.43. The van der Waals surface area contributed by atoms with Crippen LogP contribution in [0.4, 0.5) is 0 Å². The Labute approximate surface area is 112 Å². The third kappa shape index (κ3) is 2.86. The molecule has 2 aromatic rings. The van der Waals surface area contributed by atoms with Gasteiger partial charge in [0.1, 0.15) is 5.71 Å². The molecule has 0 atom stereocenters. The number of allylic oxidation sites excluding steroid dienone is 1. The fourth-order valence-corrected chi connectivity index (χ4v) is 1.79. The Morgan fingerprint density at radius 3 is 1.95 bits per heavy atom. The highest BCUT2D eigenvalue weighted by Crippen LogP contribution is 2.14. The first-order chi connectivity index (χ1) is 9.09. The van der Waals surface area contributed by atoms with Gasteiger partial charge in [0.05, 0.1) is 0 Å². The maximum absolute atomic E-state index is 12.2. The molecule has 0 spiro atoms. The van der Waals surface area contributed by atoms with Crippen molar-refractivity contribution in [2.75, 3.05) is 0 Å². The van der Waals surface area contributed by atoms with Crippen LogP contribution in [-0.2, 0) is 0 Å². The van der Waals surface area contributed by atoms with Gasteiger partial charge in [-0.3, -0.25) is 10.2 Å². The summed E-state index contributed by atoms with van der Waals surface area (Å²) in [6.07, 6.45) is 0. The van der Waals surface area contributed by atoms with Gasteiger partial charge in [0.15, 0.2) is 0 Å². The van der Waals surface area contributed by atoms with Gasteiger partial charge in [0.25, 0.3) is 0 Å². The van der Waals surface area contributed by atoms with Crippen molar-refractivity contribution in [1.29, 1.82) is 5.41 Å². The Bertz CT molecular complexity index is 624. The summed E-state index contributed by atoms with van der Waals surface area (Å²) in [5.41, 5.74) is 3.14. The van der Waals surface area contributed by atoms with E-state index >= 15 is 0 Å². The van der Waals surface area contributed by atoms with E-state index in [2.05, 4.69) is 6.58 Å². The zero-order valence-electron chi connectivity index (χ0n) is 10.8. The van der Waals surface area contributed by atoms with Gasteiger partial charge in [0, 0.05) is 11.1 Å². The van der Waals surface area contributed by atoms with Crippen LogP contribution in [-0.4, -0.2) is 11.5 Å². The molecule has 2 aromatic carbocycles. The minimum Gasteiger partial charge on any atom is -0.296 e. The highest BCUT2D eigenvalue weighted by Gasteiger charge is 2.13. The molecule has 1 N–H and O–H groups in total. The predicted molar refractivity (Wildman–Crippen MR) is 78.8 cm³/mol. The molecule has 94 valence electrons. The van der Waals surface area contributed by atoms with E-state index in [-0.39, 0.29) is 11.5 Å². The summed E-state index contributed by atoms with van der Waals surface area (Å²) in [4.78, 5) is 12.2. The molecule has 0 fully saturated rings. The number of nitrogens with one attached hydrogen (secondary N) is 1. The molecule has 0 aliphatic heterocycles. The molecule has 0 aromatic heterocycles. The molecule has 0 amide bonds. The van der Waals surface area contributed by atoms with Crippen LogP contribution in [0.3, 0.4) is 0 Å². The van der Waals surface area contributed by atoms with Gasteiger partial charge in [-0.15, -0.1) is 0 Å². The zero-order valence-corrected chi connectivity index (χ0v) is 10.8. The van der Waals surface area contributed by atoms with Gasteiger partial charge in [-0.1, -0.05) is 66.7 Å². The van der Waals surface area contributed by atoms with Gasteiger partial charge in [0.2, 0.25) is 5.78 Å². The van der Waals surface area contributed by atoms with Crippen molar-refractivity contribution in [1.82, 2.24) is 0 Å². The third-order valence-corrected chi connectivity index (χ3v) is 2.93. The second kappa shape index (κ2) is 5.44. The Morgan fingerprint density at radius 2 is 1.42 bits per heavy atom. The smallest absolute Gasteiger partial charge is 0.211 e. The number of Topliss-reactive ketones (excluding diaryl/α,β-unsaturated/α-hetero) is 1. The first-order valence-corrected chi connectivity index (χ1v) is 6.04. The summed E-state index contributed by atoms with van der Waals surface area (Å²) in [6, 6.07) is 16.2. The van der Waals surface area contributed by atoms with Crippen LogP contribution in [0, 0.1) is 5.41 Å². The van der Waals surface area contributed by atoms with Gasteiger partial charge in [-0.2, -0.15) is 0 Å². The maximum atomic E-state index is 12.2. The number of hydrogen-bond acceptors (Lipinski definition) is 2. The number of ketones is 1. The summed E-state index contributed by atoms with van der Waals surface area (Å²) < 4.78 is 0. The molecule has 0 unspecified atom stereocenters. The predicted octanol–water partition coefficient (Wildman–Crippen LogP) is 3.97. The fourth-order valence-electron chi connectivity index (χ4n) is 1.79. The van der Waals surface area contributed by atoms with E-state index in [9.17, 15) is 4.79 Å². The average Bonchev–Trinajstić information content (AvgIpc) is 2.46. The first-order valence-electron chi connectivity index (χ1n) is 6.04. The number of rotatable bonds is 4. The summed E-state index contributed by atoms with van der Waals surface area (Å²) >= 11 is 0. The van der Waals surface area contributed by atoms with E-state index in [0.717, 1.165) is 11.1 Å². The zero-order chi connectivity index (χ0) is 13.8. The molecule has 0 saturated heterocycles. The third-order valence-electron chi connectivity index (χ3n) is 2.93. The SMILES string of the molecule is C=C(C)c1ccc(C(=O)C(=N)c2ccccc2)cc1. The van der Waals surface area contributed by atoms with E-state index in [1.165, 1.54) is 0 Å². The van der Waals surface area contributed by atoms with E-state index in [4.69, 9.17) is 5.41 Å². The van der Waals surface area contributed by atoms with E-state index in [1.807, 2.05) is 37.3 Å². The minimum absolute atomic E-state index is 0.0173. The van der Waals surface area contributed by atoms with E-state index < -0.39 is 0 Å². The standard InChI is InChI=1S/C17H15NO/c1-12(2)13-8-10-15(11-9-13)17(19)16(18)14-6-4-3-5-7-14/h3-11,18H,1H2,2H3. The maximum Gasteiger partial charge on any atom is 0.211 e. The van der Waals surface area contributed by atoms with E-state index in [1.54, 1.807) is 24.3 Å². The largest absolute Gasteiger partial charge is 0.296 e. The van der Waals surface area contributed by atoms with Gasteiger partial charge >= 0.3 is 0 Å². The highest BCUT2D eigenvalue weighted by atomic mass is 16.1. The fraction of sp³-hybridized carbons (Fsp3) is 0.0588. The quantitative estimate of drug-likeness (QED) is 0.646. The lowest BCUT2D eigenvalue weighted by molar-refractivity contribution is 0.106. The van der Waals surface area contributed by atoms with Crippen molar-refractivity contribution in [3.63, 3.8) is 0 Å². The van der Waals surface area contributed by atoms with Crippen LogP contribution in [0.2, 0.25) is 0 Å². The Kier molecular flexibility index (Phi) is 3.71. The molecule has 2 heteroatoms. The van der Waals surface area contributed by atoms with Crippen molar-refractivity contribution in [2.45, 2.75) is 6.92 Å². The van der Waals surface area contributed by atoms with Crippen LogP contribution < -0.4 is 0 Å². The molecule has 0 heterocycles. The van der Waals surface area contributed by atoms with Gasteiger partial charge < -0.3 is 0 Å². The van der Waals surface area contributed by atoms with Gasteiger partial charge in [-0.25, -0.2) is 0 Å². The number of carbonyl (C=O) groups is 1. The Morgan fingerprint density at radius 1 is 0.895 bits per heavy atom. The lowest BCUT2D eigenvalue weighted by Crippen LogP contribution is -2.14. The molecule has 2 nitrogen and oxygen atoms in total. The minimum atomic E-state index is -0.264. The summed E-state index contributed by atoms with van der Waals surface area (Å²) in [7, 11) is 0. The van der Waals surface area contributed by atoms with Crippen molar-refractivity contribution in [3.05, 3.63) is 77.9 Å². The number of carbonyl (C=O) groups excluding carboxylic acids is 1. The van der Waals surface area contributed by atoms with Crippen LogP contribution in [0.5, 0.6) is 0 Å². The summed E-state index contributed by atoms with van der Waals surface area (Å²) in [6.45, 7) is 5.77. The van der Waals surface area contributed by atoms with Crippen molar-refractivity contribution < 1.29 is 4.79 Å².